The van der Waals surface area contributed by atoms with E-state index in [0.29, 0.717) is 33.7 Å². The number of ketones is 1. The van der Waals surface area contributed by atoms with Crippen LogP contribution in [0.15, 0.2) is 48.6 Å². The molecule has 0 spiro atoms. The topological polar surface area (TPSA) is 67.4 Å². The van der Waals surface area contributed by atoms with Crippen molar-refractivity contribution in [3.63, 3.8) is 0 Å². The van der Waals surface area contributed by atoms with E-state index >= 15 is 0 Å². The minimum Gasteiger partial charge on any atom is -0.496 e. The molecule has 1 N–H and O–H groups in total. The number of likely N-dealkylation sites (tertiary alicyclic amines) is 1. The van der Waals surface area contributed by atoms with Crippen LogP contribution in [0, 0.1) is 5.82 Å². The van der Waals surface area contributed by atoms with Gasteiger partial charge in [0.25, 0.3) is 0 Å². The quantitative estimate of drug-likeness (QED) is 0.475. The summed E-state index contributed by atoms with van der Waals surface area (Å²) in [6.45, 7) is 0.885. The Balaban J connectivity index is 1.65. The van der Waals surface area contributed by atoms with E-state index in [1.807, 2.05) is 11.9 Å². The normalized spacial score (nSPS) is 16.9. The molecule has 1 unspecified atom stereocenters. The van der Waals surface area contributed by atoms with Gasteiger partial charge in [-0.3, -0.25) is 9.69 Å². The van der Waals surface area contributed by atoms with Gasteiger partial charge in [0.2, 0.25) is 0 Å². The first-order valence-corrected chi connectivity index (χ1v) is 10.9. The van der Waals surface area contributed by atoms with E-state index in [9.17, 15) is 13.6 Å². The first kappa shape index (κ1) is 23.1. The molecule has 0 bridgehead atoms. The van der Waals surface area contributed by atoms with Crippen LogP contribution < -0.4 is 10.1 Å². The molecular formula is C24H23ClF2N4O2. The average Bonchev–Trinajstić information content (AvgIpc) is 3.20. The van der Waals surface area contributed by atoms with Gasteiger partial charge in [0.1, 0.15) is 23.7 Å². The largest absolute Gasteiger partial charge is 0.496 e. The molecule has 172 valence electrons. The third-order valence-corrected chi connectivity index (χ3v) is 6.04. The number of nitrogens with zero attached hydrogens (tertiary/aromatic N) is 3. The number of hydrogen-bond acceptors (Lipinski definition) is 6. The number of benzene rings is 2. The molecule has 2 heterocycles. The highest BCUT2D eigenvalue weighted by Gasteiger charge is 2.22. The van der Waals surface area contributed by atoms with E-state index in [1.54, 1.807) is 12.1 Å². The minimum absolute atomic E-state index is 0.0264. The molecule has 1 aliphatic heterocycles. The molecule has 1 atom stereocenters. The van der Waals surface area contributed by atoms with Crippen molar-refractivity contribution in [3.05, 3.63) is 65.0 Å². The first-order valence-electron chi connectivity index (χ1n) is 10.5. The number of aromatic nitrogens is 2. The van der Waals surface area contributed by atoms with Crippen LogP contribution in [0.25, 0.3) is 10.9 Å². The standard InChI is InChI=1S/C24H23ClF2N4O2/c1-31-7-3-4-16(31)11-20(27)22(32)9-14-8-17-21(12-23(14)33-2)28-13-29-24(17)30-15-5-6-19(26)18(25)10-15/h5-6,8,10-13,16H,3-4,7,9H2,1-2H3,(H,28,29,30). The smallest absolute Gasteiger partial charge is 0.195 e. The van der Waals surface area contributed by atoms with Crippen LogP contribution in [0.3, 0.4) is 0 Å². The van der Waals surface area contributed by atoms with E-state index in [0.717, 1.165) is 19.4 Å². The molecule has 6 nitrogen and oxygen atoms in total. The Hall–Kier alpha value is -3.10. The van der Waals surface area contributed by atoms with Crippen LogP contribution in [-0.4, -0.2) is 47.4 Å². The predicted molar refractivity (Wildman–Crippen MR) is 124 cm³/mol. The molecule has 1 fully saturated rings. The van der Waals surface area contributed by atoms with Crippen LogP contribution in [0.1, 0.15) is 18.4 Å². The van der Waals surface area contributed by atoms with E-state index in [-0.39, 0.29) is 17.5 Å². The van der Waals surface area contributed by atoms with Gasteiger partial charge in [0.15, 0.2) is 11.6 Å². The Labute approximate surface area is 195 Å². The van der Waals surface area contributed by atoms with Gasteiger partial charge in [-0.2, -0.15) is 0 Å². The lowest BCUT2D eigenvalue weighted by Gasteiger charge is -2.15. The molecule has 0 aliphatic carbocycles. The number of fused-ring (bicyclic) bond motifs is 1. The number of Topliss-reactive ketones (excluding diaryl/α,β-unsaturated/α-hetero) is 1. The van der Waals surface area contributed by atoms with Gasteiger partial charge in [0, 0.05) is 35.2 Å². The number of allylic oxidation sites excluding steroid dienone is 1. The Morgan fingerprint density at radius 1 is 1.33 bits per heavy atom. The predicted octanol–water partition coefficient (Wildman–Crippen LogP) is 5.23. The van der Waals surface area contributed by atoms with Crippen LogP contribution in [0.5, 0.6) is 5.75 Å². The van der Waals surface area contributed by atoms with E-state index in [4.69, 9.17) is 16.3 Å². The average molecular weight is 473 g/mol. The zero-order valence-corrected chi connectivity index (χ0v) is 19.0. The Bertz CT molecular complexity index is 1230. The molecule has 1 aromatic heterocycles. The fraction of sp³-hybridized carbons (Fsp3) is 0.292. The molecule has 0 amide bonds. The van der Waals surface area contributed by atoms with Gasteiger partial charge in [-0.15, -0.1) is 0 Å². The summed E-state index contributed by atoms with van der Waals surface area (Å²) >= 11 is 5.87. The SMILES string of the molecule is COc1cc2ncnc(Nc3ccc(F)c(Cl)c3)c2cc1CC(=O)C(F)=CC1CCCN1C. The summed E-state index contributed by atoms with van der Waals surface area (Å²) in [5, 5.41) is 3.66. The highest BCUT2D eigenvalue weighted by atomic mass is 35.5. The zero-order chi connectivity index (χ0) is 23.5. The second kappa shape index (κ2) is 9.80. The number of halogens is 3. The summed E-state index contributed by atoms with van der Waals surface area (Å²) < 4.78 is 33.6. The highest BCUT2D eigenvalue weighted by molar-refractivity contribution is 6.31. The molecule has 9 heteroatoms. The maximum atomic E-state index is 14.7. The lowest BCUT2D eigenvalue weighted by Crippen LogP contribution is -2.23. The van der Waals surface area contributed by atoms with Crippen molar-refractivity contribution in [2.24, 2.45) is 0 Å². The fourth-order valence-corrected chi connectivity index (χ4v) is 4.11. The summed E-state index contributed by atoms with van der Waals surface area (Å²) in [6.07, 6.45) is 4.41. The molecule has 0 saturated carbocycles. The third-order valence-electron chi connectivity index (χ3n) is 5.75. The summed E-state index contributed by atoms with van der Waals surface area (Å²) in [6, 6.07) is 7.53. The lowest BCUT2D eigenvalue weighted by molar-refractivity contribution is -0.116. The number of ether oxygens (including phenoxy) is 1. The molecule has 1 saturated heterocycles. The summed E-state index contributed by atoms with van der Waals surface area (Å²) in [5.74, 6) is -1.04. The Morgan fingerprint density at radius 2 is 2.15 bits per heavy atom. The van der Waals surface area contributed by atoms with E-state index in [1.165, 1.54) is 37.7 Å². The lowest BCUT2D eigenvalue weighted by atomic mass is 10.0. The highest BCUT2D eigenvalue weighted by Crippen LogP contribution is 2.31. The number of methoxy groups -OCH3 is 1. The number of anilines is 2. The van der Waals surface area contributed by atoms with Gasteiger partial charge < -0.3 is 10.1 Å². The van der Waals surface area contributed by atoms with E-state index in [2.05, 4.69) is 15.3 Å². The van der Waals surface area contributed by atoms with Crippen molar-refractivity contribution in [1.29, 1.82) is 0 Å². The fourth-order valence-electron chi connectivity index (χ4n) is 3.93. The maximum absolute atomic E-state index is 14.7. The Morgan fingerprint density at radius 3 is 2.85 bits per heavy atom. The van der Waals surface area contributed by atoms with Gasteiger partial charge in [0.05, 0.1) is 17.6 Å². The van der Waals surface area contributed by atoms with Crippen molar-refractivity contribution in [2.75, 3.05) is 26.0 Å². The summed E-state index contributed by atoms with van der Waals surface area (Å²) in [5.41, 5.74) is 1.61. The van der Waals surface area contributed by atoms with Crippen molar-refractivity contribution < 1.29 is 18.3 Å². The first-order chi connectivity index (χ1) is 15.9. The van der Waals surface area contributed by atoms with Crippen molar-refractivity contribution in [1.82, 2.24) is 14.9 Å². The number of carbonyl (C=O) groups excluding carboxylic acids is 1. The van der Waals surface area contributed by atoms with E-state index < -0.39 is 17.4 Å². The van der Waals surface area contributed by atoms with Gasteiger partial charge in [-0.1, -0.05) is 11.6 Å². The second-order valence-corrected chi connectivity index (χ2v) is 8.37. The number of carbonyl (C=O) groups is 1. The zero-order valence-electron chi connectivity index (χ0n) is 18.2. The summed E-state index contributed by atoms with van der Waals surface area (Å²) in [7, 11) is 3.40. The van der Waals surface area contributed by atoms with Gasteiger partial charge in [-0.05, 0) is 56.8 Å². The molecule has 4 rings (SSSR count). The number of nitrogens with one attached hydrogen (secondary N) is 1. The summed E-state index contributed by atoms with van der Waals surface area (Å²) in [4.78, 5) is 23.2. The van der Waals surface area contributed by atoms with Crippen LogP contribution >= 0.6 is 11.6 Å². The number of hydrogen-bond donors (Lipinski definition) is 1. The monoisotopic (exact) mass is 472 g/mol. The minimum atomic E-state index is -0.750. The van der Waals surface area contributed by atoms with Crippen LogP contribution in [-0.2, 0) is 11.2 Å². The van der Waals surface area contributed by atoms with Crippen molar-refractivity contribution in [3.8, 4) is 5.75 Å². The second-order valence-electron chi connectivity index (χ2n) is 7.96. The van der Waals surface area contributed by atoms with Crippen LogP contribution in [0.4, 0.5) is 20.3 Å². The van der Waals surface area contributed by atoms with Gasteiger partial charge >= 0.3 is 0 Å². The van der Waals surface area contributed by atoms with Crippen LogP contribution in [0.2, 0.25) is 5.02 Å². The molecule has 2 aromatic carbocycles. The molecule has 0 radical (unpaired) electrons. The maximum Gasteiger partial charge on any atom is 0.195 e. The molecule has 1 aliphatic rings. The van der Waals surface area contributed by atoms with Crippen molar-refractivity contribution >= 4 is 39.8 Å². The Kier molecular flexibility index (Phi) is 6.85. The van der Waals surface area contributed by atoms with Gasteiger partial charge in [-0.25, -0.2) is 18.7 Å². The number of rotatable bonds is 7. The number of likely N-dealkylation sites (N-methyl/N-ethyl adjacent to an activating group) is 1. The molecule has 33 heavy (non-hydrogen) atoms. The molecule has 3 aromatic rings. The molecular weight excluding hydrogens is 450 g/mol. The van der Waals surface area contributed by atoms with Crippen molar-refractivity contribution in [2.45, 2.75) is 25.3 Å². The third kappa shape index (κ3) is 5.12.